The van der Waals surface area contributed by atoms with E-state index in [2.05, 4.69) is 9.47 Å². The van der Waals surface area contributed by atoms with Crippen LogP contribution in [-0.2, 0) is 28.7 Å². The molecule has 8 heteroatoms. The molecule has 0 aromatic heterocycles. The van der Waals surface area contributed by atoms with Crippen LogP contribution in [0.15, 0.2) is 11.6 Å². The molecule has 0 aromatic carbocycles. The van der Waals surface area contributed by atoms with Crippen molar-refractivity contribution in [3.63, 3.8) is 0 Å². The maximum atomic E-state index is 11.5. The van der Waals surface area contributed by atoms with Crippen LogP contribution in [0.3, 0.4) is 0 Å². The summed E-state index contributed by atoms with van der Waals surface area (Å²) in [7, 11) is 0. The van der Waals surface area contributed by atoms with Crippen LogP contribution in [0.4, 0.5) is 0 Å². The molecule has 0 aliphatic heterocycles. The summed E-state index contributed by atoms with van der Waals surface area (Å²) < 4.78 is 9.17. The molecular weight excluding hydrogens is 256 g/mol. The topological polar surface area (TPSA) is 139 Å². The first-order valence-electron chi connectivity index (χ1n) is 5.49. The van der Waals surface area contributed by atoms with E-state index < -0.39 is 35.2 Å². The second-order valence-corrected chi connectivity index (χ2v) is 3.30. The lowest BCUT2D eigenvalue weighted by molar-refractivity contribution is -0.149. The highest BCUT2D eigenvalue weighted by molar-refractivity contribution is 6.17. The summed E-state index contributed by atoms with van der Waals surface area (Å²) in [6, 6.07) is 0. The number of carbonyl (C=O) groups is 4. The highest BCUT2D eigenvalue weighted by Gasteiger charge is 2.28. The highest BCUT2D eigenvalue weighted by Crippen LogP contribution is 2.08. The molecule has 8 nitrogen and oxygen atoms in total. The summed E-state index contributed by atoms with van der Waals surface area (Å²) in [4.78, 5) is 45.1. The molecule has 0 aliphatic carbocycles. The largest absolute Gasteiger partial charge is 0.465 e. The Morgan fingerprint density at radius 3 is 1.95 bits per heavy atom. The fourth-order valence-electron chi connectivity index (χ4n) is 1.12. The average Bonchev–Trinajstić information content (AvgIpc) is 2.29. The van der Waals surface area contributed by atoms with E-state index in [1.807, 2.05) is 0 Å². The summed E-state index contributed by atoms with van der Waals surface area (Å²) in [5.41, 5.74) is 9.35. The van der Waals surface area contributed by atoms with Gasteiger partial charge in [-0.25, -0.2) is 4.79 Å². The Morgan fingerprint density at radius 2 is 1.58 bits per heavy atom. The number of hydrogen-bond donors (Lipinski definition) is 2. The van der Waals surface area contributed by atoms with Crippen molar-refractivity contribution in [2.75, 3.05) is 13.2 Å². The molecular formula is C11H16N2O6. The van der Waals surface area contributed by atoms with Crippen molar-refractivity contribution < 1.29 is 28.7 Å². The molecule has 0 bridgehead atoms. The molecule has 0 aromatic rings. The van der Waals surface area contributed by atoms with Gasteiger partial charge in [-0.05, 0) is 19.9 Å². The number of carbonyl (C=O) groups excluding carboxylic acids is 4. The van der Waals surface area contributed by atoms with E-state index >= 15 is 0 Å². The van der Waals surface area contributed by atoms with Gasteiger partial charge in [-0.1, -0.05) is 0 Å². The maximum Gasteiger partial charge on any atom is 0.343 e. The van der Waals surface area contributed by atoms with Crippen LogP contribution in [0.1, 0.15) is 13.8 Å². The van der Waals surface area contributed by atoms with Crippen molar-refractivity contribution in [2.24, 2.45) is 17.4 Å². The van der Waals surface area contributed by atoms with E-state index in [-0.39, 0.29) is 13.2 Å². The van der Waals surface area contributed by atoms with Gasteiger partial charge in [0, 0.05) is 0 Å². The van der Waals surface area contributed by atoms with Crippen LogP contribution in [0, 0.1) is 5.92 Å². The number of rotatable bonds is 7. The van der Waals surface area contributed by atoms with Crippen LogP contribution in [0.25, 0.3) is 0 Å². The Morgan fingerprint density at radius 1 is 1.05 bits per heavy atom. The summed E-state index contributed by atoms with van der Waals surface area (Å²) in [5, 5.41) is 0. The molecule has 0 unspecified atom stereocenters. The molecule has 106 valence electrons. The number of amides is 2. The zero-order valence-corrected chi connectivity index (χ0v) is 10.7. The lowest BCUT2D eigenvalue weighted by Crippen LogP contribution is -2.33. The zero-order chi connectivity index (χ0) is 15.0. The molecule has 2 amide bonds. The molecule has 19 heavy (non-hydrogen) atoms. The third-order valence-corrected chi connectivity index (χ3v) is 1.94. The van der Waals surface area contributed by atoms with Gasteiger partial charge in [0.25, 0.3) is 5.91 Å². The summed E-state index contributed by atoms with van der Waals surface area (Å²) in [6.45, 7) is 3.07. The quantitative estimate of drug-likeness (QED) is 0.253. The van der Waals surface area contributed by atoms with Crippen molar-refractivity contribution in [1.29, 1.82) is 0 Å². The molecule has 0 saturated carbocycles. The molecule has 4 N–H and O–H groups in total. The minimum atomic E-state index is -1.58. The van der Waals surface area contributed by atoms with E-state index in [4.69, 9.17) is 11.5 Å². The molecule has 0 spiro atoms. The van der Waals surface area contributed by atoms with E-state index in [9.17, 15) is 19.2 Å². The third kappa shape index (κ3) is 5.19. The minimum Gasteiger partial charge on any atom is -0.465 e. The number of esters is 2. The first-order chi connectivity index (χ1) is 8.84. The number of ether oxygens (including phenoxy) is 2. The lowest BCUT2D eigenvalue weighted by Gasteiger charge is -2.09. The van der Waals surface area contributed by atoms with Gasteiger partial charge in [0.05, 0.1) is 13.2 Å². The fourth-order valence-corrected chi connectivity index (χ4v) is 1.12. The fraction of sp³-hybridized carbons (Fsp3) is 0.455. The summed E-state index contributed by atoms with van der Waals surface area (Å²) >= 11 is 0. The van der Waals surface area contributed by atoms with Crippen LogP contribution in [-0.4, -0.2) is 37.0 Å². The maximum absolute atomic E-state index is 11.5. The molecule has 0 rings (SSSR count). The highest BCUT2D eigenvalue weighted by atomic mass is 16.5. The van der Waals surface area contributed by atoms with Gasteiger partial charge >= 0.3 is 11.9 Å². The van der Waals surface area contributed by atoms with Gasteiger partial charge in [0.2, 0.25) is 5.91 Å². The summed E-state index contributed by atoms with van der Waals surface area (Å²) in [6.07, 6.45) is 0.751. The Hall–Kier alpha value is -2.38. The smallest absolute Gasteiger partial charge is 0.343 e. The predicted octanol–water partition coefficient (Wildman–Crippen LogP) is -1.37. The van der Waals surface area contributed by atoms with E-state index in [1.54, 1.807) is 0 Å². The Labute approximate surface area is 109 Å². The molecule has 0 heterocycles. The SMILES string of the molecule is CCOC(=O)/C(=C\[C@@H](C(N)=O)C(=O)OCC)C(N)=O. The number of hydrogen-bond acceptors (Lipinski definition) is 6. The average molecular weight is 272 g/mol. The van der Waals surface area contributed by atoms with E-state index in [1.165, 1.54) is 13.8 Å². The molecule has 0 saturated heterocycles. The Kier molecular flexibility index (Phi) is 6.87. The molecule has 0 radical (unpaired) electrons. The van der Waals surface area contributed by atoms with E-state index in [0.29, 0.717) is 0 Å². The zero-order valence-electron chi connectivity index (χ0n) is 10.7. The second kappa shape index (κ2) is 7.85. The van der Waals surface area contributed by atoms with Gasteiger partial charge in [0.1, 0.15) is 5.57 Å². The second-order valence-electron chi connectivity index (χ2n) is 3.30. The normalized spacial score (nSPS) is 12.4. The van der Waals surface area contributed by atoms with Crippen LogP contribution in [0.2, 0.25) is 0 Å². The van der Waals surface area contributed by atoms with Crippen LogP contribution in [0.5, 0.6) is 0 Å². The van der Waals surface area contributed by atoms with Crippen LogP contribution < -0.4 is 11.5 Å². The molecule has 0 aliphatic rings. The van der Waals surface area contributed by atoms with Gasteiger partial charge < -0.3 is 20.9 Å². The Bertz CT molecular complexity index is 415. The van der Waals surface area contributed by atoms with Gasteiger partial charge in [0.15, 0.2) is 5.92 Å². The van der Waals surface area contributed by atoms with Gasteiger partial charge in [-0.15, -0.1) is 0 Å². The third-order valence-electron chi connectivity index (χ3n) is 1.94. The van der Waals surface area contributed by atoms with Gasteiger partial charge in [-0.3, -0.25) is 14.4 Å². The van der Waals surface area contributed by atoms with Crippen molar-refractivity contribution in [1.82, 2.24) is 0 Å². The van der Waals surface area contributed by atoms with Crippen molar-refractivity contribution in [2.45, 2.75) is 13.8 Å². The Balaban J connectivity index is 5.35. The monoisotopic (exact) mass is 272 g/mol. The minimum absolute atomic E-state index is 0.00407. The molecule has 1 atom stereocenters. The lowest BCUT2D eigenvalue weighted by atomic mass is 10.0. The number of primary amides is 2. The standard InChI is InChI=1S/C11H16N2O6/c1-3-18-10(16)6(8(12)14)5-7(9(13)15)11(17)19-4-2/h5-6H,3-4H2,1-2H3,(H2,12,14)(H2,13,15)/b7-5-/t6-/m0/s1. The van der Waals surface area contributed by atoms with Crippen molar-refractivity contribution in [3.8, 4) is 0 Å². The molecule has 0 fully saturated rings. The van der Waals surface area contributed by atoms with Crippen molar-refractivity contribution >= 4 is 23.8 Å². The van der Waals surface area contributed by atoms with Crippen molar-refractivity contribution in [3.05, 3.63) is 11.6 Å². The number of nitrogens with two attached hydrogens (primary N) is 2. The predicted molar refractivity (Wildman–Crippen MR) is 63.2 cm³/mol. The first kappa shape index (κ1) is 16.6. The van der Waals surface area contributed by atoms with Gasteiger partial charge in [-0.2, -0.15) is 0 Å². The summed E-state index contributed by atoms with van der Waals surface area (Å²) in [5.74, 6) is -5.79. The van der Waals surface area contributed by atoms with Crippen LogP contribution >= 0.6 is 0 Å². The first-order valence-corrected chi connectivity index (χ1v) is 5.49. The van der Waals surface area contributed by atoms with E-state index in [0.717, 1.165) is 6.08 Å².